The Morgan fingerprint density at radius 3 is 2.82 bits per heavy atom. The second kappa shape index (κ2) is 8.52. The molecule has 118 valence electrons. The average molecular weight is 302 g/mol. The number of nitriles is 1. The van der Waals surface area contributed by atoms with E-state index in [1.807, 2.05) is 4.90 Å². The van der Waals surface area contributed by atoms with E-state index in [0.717, 1.165) is 32.5 Å². The lowest BCUT2D eigenvalue weighted by atomic mass is 9.97. The molecule has 1 aromatic rings. The molecule has 0 saturated carbocycles. The van der Waals surface area contributed by atoms with Crippen LogP contribution in [0.5, 0.6) is 0 Å². The van der Waals surface area contributed by atoms with Gasteiger partial charge in [-0.05, 0) is 37.0 Å². The van der Waals surface area contributed by atoms with Gasteiger partial charge in [0.15, 0.2) is 0 Å². The van der Waals surface area contributed by atoms with E-state index in [9.17, 15) is 4.79 Å². The lowest BCUT2D eigenvalue weighted by Gasteiger charge is -2.32. The minimum absolute atomic E-state index is 0.0100. The molecule has 0 spiro atoms. The first-order chi connectivity index (χ1) is 10.7. The number of hydrogen-bond donors (Lipinski definition) is 0. The maximum atomic E-state index is 12.4. The topological polar surface area (TPSA) is 62.6 Å². The largest absolute Gasteiger partial charge is 0.382 e. The van der Waals surface area contributed by atoms with Crippen LogP contribution in [0.25, 0.3) is 0 Å². The van der Waals surface area contributed by atoms with E-state index in [1.165, 1.54) is 0 Å². The lowest BCUT2D eigenvalue weighted by Crippen LogP contribution is -2.39. The molecule has 0 bridgehead atoms. The highest BCUT2D eigenvalue weighted by atomic mass is 16.5. The molecule has 0 N–H and O–H groups in total. The Bertz CT molecular complexity index is 531. The van der Waals surface area contributed by atoms with Crippen molar-refractivity contribution in [2.75, 3.05) is 40.0 Å². The van der Waals surface area contributed by atoms with Crippen LogP contribution in [0.1, 0.15) is 28.8 Å². The van der Waals surface area contributed by atoms with E-state index in [1.54, 1.807) is 31.4 Å². The van der Waals surface area contributed by atoms with Crippen LogP contribution >= 0.6 is 0 Å². The molecular formula is C17H22N2O3. The zero-order valence-electron chi connectivity index (χ0n) is 13.0. The summed E-state index contributed by atoms with van der Waals surface area (Å²) < 4.78 is 10.5. The summed E-state index contributed by atoms with van der Waals surface area (Å²) >= 11 is 0. The predicted molar refractivity (Wildman–Crippen MR) is 82.5 cm³/mol. The van der Waals surface area contributed by atoms with Crippen molar-refractivity contribution in [1.82, 2.24) is 4.90 Å². The molecule has 1 aromatic carbocycles. The van der Waals surface area contributed by atoms with Crippen LogP contribution in [-0.4, -0.2) is 50.8 Å². The van der Waals surface area contributed by atoms with E-state index in [0.29, 0.717) is 30.3 Å². The molecule has 1 fully saturated rings. The van der Waals surface area contributed by atoms with Crippen LogP contribution in [0.2, 0.25) is 0 Å². The fraction of sp³-hybridized carbons (Fsp3) is 0.529. The molecule has 1 saturated heterocycles. The summed E-state index contributed by atoms with van der Waals surface area (Å²) in [6, 6.07) is 8.95. The van der Waals surface area contributed by atoms with Gasteiger partial charge in [0.1, 0.15) is 0 Å². The number of ether oxygens (including phenoxy) is 2. The van der Waals surface area contributed by atoms with Gasteiger partial charge in [-0.1, -0.05) is 6.07 Å². The second-order valence-corrected chi connectivity index (χ2v) is 5.50. The van der Waals surface area contributed by atoms with E-state index in [4.69, 9.17) is 14.7 Å². The normalized spacial score (nSPS) is 15.5. The Balaban J connectivity index is 1.81. The number of amides is 1. The van der Waals surface area contributed by atoms with Crippen molar-refractivity contribution in [3.05, 3.63) is 35.4 Å². The molecule has 0 aromatic heterocycles. The summed E-state index contributed by atoms with van der Waals surface area (Å²) in [5.41, 5.74) is 1.11. The van der Waals surface area contributed by atoms with E-state index in [-0.39, 0.29) is 5.91 Å². The molecular weight excluding hydrogens is 280 g/mol. The minimum atomic E-state index is 0.0100. The monoisotopic (exact) mass is 302 g/mol. The molecule has 2 rings (SSSR count). The summed E-state index contributed by atoms with van der Waals surface area (Å²) in [6.07, 6.45) is 1.91. The van der Waals surface area contributed by atoms with Gasteiger partial charge in [-0.2, -0.15) is 5.26 Å². The molecule has 5 heteroatoms. The van der Waals surface area contributed by atoms with E-state index >= 15 is 0 Å². The Morgan fingerprint density at radius 2 is 2.14 bits per heavy atom. The van der Waals surface area contributed by atoms with Crippen molar-refractivity contribution in [2.45, 2.75) is 12.8 Å². The lowest BCUT2D eigenvalue weighted by molar-refractivity contribution is 0.0327. The summed E-state index contributed by atoms with van der Waals surface area (Å²) in [7, 11) is 1.66. The minimum Gasteiger partial charge on any atom is -0.382 e. The Kier molecular flexibility index (Phi) is 6.38. The summed E-state index contributed by atoms with van der Waals surface area (Å²) in [5.74, 6) is 0.516. The first kappa shape index (κ1) is 16.5. The first-order valence-electron chi connectivity index (χ1n) is 7.60. The third-order valence-electron chi connectivity index (χ3n) is 3.93. The number of benzene rings is 1. The van der Waals surface area contributed by atoms with Crippen molar-refractivity contribution in [2.24, 2.45) is 5.92 Å². The zero-order valence-corrected chi connectivity index (χ0v) is 13.0. The molecule has 0 aliphatic carbocycles. The maximum absolute atomic E-state index is 12.4. The van der Waals surface area contributed by atoms with Crippen molar-refractivity contribution < 1.29 is 14.3 Å². The van der Waals surface area contributed by atoms with E-state index in [2.05, 4.69) is 6.07 Å². The highest BCUT2D eigenvalue weighted by Gasteiger charge is 2.23. The van der Waals surface area contributed by atoms with Crippen molar-refractivity contribution in [3.8, 4) is 6.07 Å². The van der Waals surface area contributed by atoms with Crippen LogP contribution in [0.15, 0.2) is 24.3 Å². The van der Waals surface area contributed by atoms with E-state index < -0.39 is 0 Å². The Labute approximate surface area is 131 Å². The quantitative estimate of drug-likeness (QED) is 0.755. The van der Waals surface area contributed by atoms with Gasteiger partial charge in [0.05, 0.1) is 24.8 Å². The second-order valence-electron chi connectivity index (χ2n) is 5.50. The van der Waals surface area contributed by atoms with Crippen molar-refractivity contribution in [3.63, 3.8) is 0 Å². The van der Waals surface area contributed by atoms with Crippen molar-refractivity contribution in [1.29, 1.82) is 5.26 Å². The van der Waals surface area contributed by atoms with Gasteiger partial charge in [0.2, 0.25) is 0 Å². The number of carbonyl (C=O) groups is 1. The number of piperidine rings is 1. The van der Waals surface area contributed by atoms with Gasteiger partial charge in [-0.3, -0.25) is 4.79 Å². The molecule has 0 radical (unpaired) electrons. The number of hydrogen-bond acceptors (Lipinski definition) is 4. The van der Waals surface area contributed by atoms with Gasteiger partial charge in [0.25, 0.3) is 5.91 Å². The number of carbonyl (C=O) groups excluding carboxylic acids is 1. The molecule has 5 nitrogen and oxygen atoms in total. The standard InChI is InChI=1S/C17H22N2O3/c1-21-9-10-22-13-14-5-7-19(8-6-14)17(20)16-4-2-3-15(11-16)12-18/h2-4,11,14H,5-10,13H2,1H3. The van der Waals surface area contributed by atoms with Crippen LogP contribution in [0.4, 0.5) is 0 Å². The molecule has 1 heterocycles. The van der Waals surface area contributed by atoms with Gasteiger partial charge in [0, 0.05) is 32.4 Å². The van der Waals surface area contributed by atoms with Gasteiger partial charge in [-0.15, -0.1) is 0 Å². The van der Waals surface area contributed by atoms with Gasteiger partial charge in [-0.25, -0.2) is 0 Å². The third kappa shape index (κ3) is 4.55. The predicted octanol–water partition coefficient (Wildman–Crippen LogP) is 2.07. The number of likely N-dealkylation sites (tertiary alicyclic amines) is 1. The summed E-state index contributed by atoms with van der Waals surface area (Å²) in [4.78, 5) is 14.3. The van der Waals surface area contributed by atoms with Gasteiger partial charge < -0.3 is 14.4 Å². The zero-order chi connectivity index (χ0) is 15.8. The van der Waals surface area contributed by atoms with Crippen LogP contribution in [0.3, 0.4) is 0 Å². The Morgan fingerprint density at radius 1 is 1.36 bits per heavy atom. The Hall–Kier alpha value is -1.90. The molecule has 1 aliphatic rings. The average Bonchev–Trinajstić information content (AvgIpc) is 2.59. The molecule has 22 heavy (non-hydrogen) atoms. The first-order valence-corrected chi connectivity index (χ1v) is 7.60. The molecule has 0 unspecified atom stereocenters. The summed E-state index contributed by atoms with van der Waals surface area (Å²) in [6.45, 7) is 3.46. The number of methoxy groups -OCH3 is 1. The fourth-order valence-corrected chi connectivity index (χ4v) is 2.60. The van der Waals surface area contributed by atoms with Crippen molar-refractivity contribution >= 4 is 5.91 Å². The number of nitrogens with zero attached hydrogens (tertiary/aromatic N) is 2. The van der Waals surface area contributed by atoms with Crippen LogP contribution < -0.4 is 0 Å². The smallest absolute Gasteiger partial charge is 0.253 e. The molecule has 1 amide bonds. The van der Waals surface area contributed by atoms with Crippen LogP contribution in [0, 0.1) is 17.2 Å². The fourth-order valence-electron chi connectivity index (χ4n) is 2.60. The molecule has 1 aliphatic heterocycles. The van der Waals surface area contributed by atoms with Gasteiger partial charge >= 0.3 is 0 Å². The molecule has 0 atom stereocenters. The third-order valence-corrected chi connectivity index (χ3v) is 3.93. The van der Waals surface area contributed by atoms with Crippen LogP contribution in [-0.2, 0) is 9.47 Å². The maximum Gasteiger partial charge on any atom is 0.253 e. The highest BCUT2D eigenvalue weighted by molar-refractivity contribution is 5.94. The number of rotatable bonds is 6. The highest BCUT2D eigenvalue weighted by Crippen LogP contribution is 2.19. The summed E-state index contributed by atoms with van der Waals surface area (Å²) in [5, 5.41) is 8.91. The SMILES string of the molecule is COCCOCC1CCN(C(=O)c2cccc(C#N)c2)CC1.